The summed E-state index contributed by atoms with van der Waals surface area (Å²) in [6.45, 7) is 6.49. The number of aliphatic carboxylic acids is 1. The Morgan fingerprint density at radius 2 is 2.00 bits per heavy atom. The third-order valence-corrected chi connectivity index (χ3v) is 4.20. The molecule has 0 bridgehead atoms. The van der Waals surface area contributed by atoms with Gasteiger partial charge in [0, 0.05) is 37.5 Å². The van der Waals surface area contributed by atoms with E-state index in [1.165, 1.54) is 6.08 Å². The van der Waals surface area contributed by atoms with Gasteiger partial charge in [0.15, 0.2) is 0 Å². The number of hydrogen-bond donors (Lipinski definition) is 1. The molecule has 1 aliphatic rings. The Balaban J connectivity index is 2.09. The van der Waals surface area contributed by atoms with Gasteiger partial charge in [-0.2, -0.15) is 5.10 Å². The zero-order valence-electron chi connectivity index (χ0n) is 12.8. The maximum absolute atomic E-state index is 12.2. The van der Waals surface area contributed by atoms with Crippen LogP contribution < -0.4 is 0 Å². The van der Waals surface area contributed by atoms with E-state index < -0.39 is 11.9 Å². The molecule has 0 aliphatic carbocycles. The summed E-state index contributed by atoms with van der Waals surface area (Å²) < 4.78 is 1.78. The zero-order valence-corrected chi connectivity index (χ0v) is 12.8. The van der Waals surface area contributed by atoms with Gasteiger partial charge >= 0.3 is 5.97 Å². The average molecular weight is 291 g/mol. The van der Waals surface area contributed by atoms with Crippen LogP contribution in [0.4, 0.5) is 0 Å². The van der Waals surface area contributed by atoms with E-state index in [4.69, 9.17) is 5.11 Å². The number of rotatable bonds is 3. The van der Waals surface area contributed by atoms with Gasteiger partial charge in [-0.15, -0.1) is 0 Å². The molecule has 0 radical (unpaired) electrons. The number of nitrogens with zero attached hydrogens (tertiary/aromatic N) is 3. The molecule has 21 heavy (non-hydrogen) atoms. The van der Waals surface area contributed by atoms with E-state index in [0.29, 0.717) is 6.54 Å². The van der Waals surface area contributed by atoms with Gasteiger partial charge in [0.05, 0.1) is 11.6 Å². The number of aromatic nitrogens is 2. The van der Waals surface area contributed by atoms with Crippen molar-refractivity contribution in [3.8, 4) is 0 Å². The fraction of sp³-hybridized carbons (Fsp3) is 0.533. The molecular formula is C15H21N3O3. The summed E-state index contributed by atoms with van der Waals surface area (Å²) in [4.78, 5) is 24.9. The lowest BCUT2D eigenvalue weighted by Crippen LogP contribution is -2.28. The van der Waals surface area contributed by atoms with Crippen LogP contribution in [0.2, 0.25) is 0 Å². The molecule has 1 aromatic heterocycles. The van der Waals surface area contributed by atoms with Crippen molar-refractivity contribution < 1.29 is 14.7 Å². The second-order valence-corrected chi connectivity index (χ2v) is 5.71. The van der Waals surface area contributed by atoms with Crippen molar-refractivity contribution in [1.82, 2.24) is 14.7 Å². The molecule has 1 fully saturated rings. The van der Waals surface area contributed by atoms with E-state index in [1.54, 1.807) is 15.7 Å². The maximum Gasteiger partial charge on any atom is 0.308 e. The highest BCUT2D eigenvalue weighted by Crippen LogP contribution is 2.23. The molecule has 2 heterocycles. The molecule has 1 amide bonds. The molecule has 0 spiro atoms. The molecule has 1 saturated heterocycles. The van der Waals surface area contributed by atoms with Crippen molar-refractivity contribution in [2.24, 2.45) is 18.9 Å². The van der Waals surface area contributed by atoms with Crippen molar-refractivity contribution in [3.63, 3.8) is 0 Å². The lowest BCUT2D eigenvalue weighted by atomic mass is 9.99. The lowest BCUT2D eigenvalue weighted by Gasteiger charge is -2.12. The first-order valence-corrected chi connectivity index (χ1v) is 7.01. The summed E-state index contributed by atoms with van der Waals surface area (Å²) in [7, 11) is 1.86. The van der Waals surface area contributed by atoms with Crippen molar-refractivity contribution in [2.45, 2.75) is 20.8 Å². The van der Waals surface area contributed by atoms with Crippen LogP contribution >= 0.6 is 0 Å². The number of carbonyl (C=O) groups is 2. The van der Waals surface area contributed by atoms with Gasteiger partial charge in [-0.3, -0.25) is 14.3 Å². The summed E-state index contributed by atoms with van der Waals surface area (Å²) in [6.07, 6.45) is 3.27. The molecule has 2 atom stereocenters. The minimum absolute atomic E-state index is 0.0123. The molecule has 0 saturated carbocycles. The standard InChI is InChI=1S/C15H21N3O3/c1-9-7-18(8-13(9)15(20)21)14(19)6-5-12-10(2)16-17(4)11(12)3/h5-6,9,13H,7-8H2,1-4H3,(H,20,21)/b6-5+/t9-,13-/m1/s1. The van der Waals surface area contributed by atoms with E-state index in [1.807, 2.05) is 27.8 Å². The number of carboxylic acids is 1. The Morgan fingerprint density at radius 3 is 2.48 bits per heavy atom. The molecule has 0 unspecified atom stereocenters. The smallest absolute Gasteiger partial charge is 0.308 e. The first kappa shape index (κ1) is 15.3. The Bertz CT molecular complexity index is 604. The molecule has 114 valence electrons. The minimum Gasteiger partial charge on any atom is -0.481 e. The van der Waals surface area contributed by atoms with Crippen molar-refractivity contribution in [3.05, 3.63) is 23.0 Å². The molecule has 1 aromatic rings. The monoisotopic (exact) mass is 291 g/mol. The third kappa shape index (κ3) is 2.99. The summed E-state index contributed by atoms with van der Waals surface area (Å²) in [5.74, 6) is -1.46. The predicted octanol–water partition coefficient (Wildman–Crippen LogP) is 1.23. The second-order valence-electron chi connectivity index (χ2n) is 5.71. The Hall–Kier alpha value is -2.11. The molecule has 1 N–H and O–H groups in total. The SMILES string of the molecule is Cc1nn(C)c(C)c1/C=C/C(=O)N1C[C@@H](C)[C@H](C(=O)O)C1. The third-order valence-electron chi connectivity index (χ3n) is 4.20. The van der Waals surface area contributed by atoms with E-state index in [0.717, 1.165) is 17.0 Å². The topological polar surface area (TPSA) is 75.4 Å². The van der Waals surface area contributed by atoms with E-state index in [-0.39, 0.29) is 18.4 Å². The maximum atomic E-state index is 12.2. The van der Waals surface area contributed by atoms with Crippen LogP contribution in [-0.4, -0.2) is 44.8 Å². The number of hydrogen-bond acceptors (Lipinski definition) is 3. The van der Waals surface area contributed by atoms with Gasteiger partial charge in [-0.1, -0.05) is 6.92 Å². The number of amides is 1. The number of carbonyl (C=O) groups excluding carboxylic acids is 1. The molecular weight excluding hydrogens is 270 g/mol. The van der Waals surface area contributed by atoms with Crippen molar-refractivity contribution in [1.29, 1.82) is 0 Å². The fourth-order valence-electron chi connectivity index (χ4n) is 2.76. The number of aryl methyl sites for hydroxylation is 2. The van der Waals surface area contributed by atoms with Crippen molar-refractivity contribution >= 4 is 18.0 Å². The molecule has 2 rings (SSSR count). The van der Waals surface area contributed by atoms with Crippen LogP contribution in [0.5, 0.6) is 0 Å². The molecule has 1 aliphatic heterocycles. The normalized spacial score (nSPS) is 22.2. The predicted molar refractivity (Wildman–Crippen MR) is 78.6 cm³/mol. The summed E-state index contributed by atoms with van der Waals surface area (Å²) >= 11 is 0. The van der Waals surface area contributed by atoms with Gasteiger partial charge in [0.1, 0.15) is 0 Å². The Kier molecular flexibility index (Phi) is 4.16. The van der Waals surface area contributed by atoms with Gasteiger partial charge in [-0.05, 0) is 25.8 Å². The number of likely N-dealkylation sites (tertiary alicyclic amines) is 1. The highest BCUT2D eigenvalue weighted by atomic mass is 16.4. The van der Waals surface area contributed by atoms with Gasteiger partial charge in [0.25, 0.3) is 0 Å². The highest BCUT2D eigenvalue weighted by Gasteiger charge is 2.36. The Morgan fingerprint density at radius 1 is 1.33 bits per heavy atom. The van der Waals surface area contributed by atoms with Gasteiger partial charge in [0.2, 0.25) is 5.91 Å². The summed E-state index contributed by atoms with van der Waals surface area (Å²) in [5, 5.41) is 13.4. The molecule has 6 nitrogen and oxygen atoms in total. The first-order valence-electron chi connectivity index (χ1n) is 7.01. The van der Waals surface area contributed by atoms with Crippen molar-refractivity contribution in [2.75, 3.05) is 13.1 Å². The first-order chi connectivity index (χ1) is 9.81. The summed E-state index contributed by atoms with van der Waals surface area (Å²) in [5.41, 5.74) is 2.81. The van der Waals surface area contributed by atoms with E-state index in [2.05, 4.69) is 5.10 Å². The minimum atomic E-state index is -0.833. The average Bonchev–Trinajstić information content (AvgIpc) is 2.90. The second kappa shape index (κ2) is 5.71. The lowest BCUT2D eigenvalue weighted by molar-refractivity contribution is -0.142. The quantitative estimate of drug-likeness (QED) is 0.850. The molecule has 0 aromatic carbocycles. The van der Waals surface area contributed by atoms with Gasteiger partial charge < -0.3 is 10.0 Å². The highest BCUT2D eigenvalue weighted by molar-refractivity contribution is 5.92. The molecule has 6 heteroatoms. The van der Waals surface area contributed by atoms with Crippen LogP contribution in [0.3, 0.4) is 0 Å². The zero-order chi connectivity index (χ0) is 15.7. The van der Waals surface area contributed by atoms with Gasteiger partial charge in [-0.25, -0.2) is 0 Å². The van der Waals surface area contributed by atoms with Crippen LogP contribution in [-0.2, 0) is 16.6 Å². The van der Waals surface area contributed by atoms with E-state index >= 15 is 0 Å². The van der Waals surface area contributed by atoms with Crippen LogP contribution in [0.1, 0.15) is 23.9 Å². The summed E-state index contributed by atoms with van der Waals surface area (Å²) in [6, 6.07) is 0. The van der Waals surface area contributed by atoms with Crippen LogP contribution in [0, 0.1) is 25.7 Å². The fourth-order valence-corrected chi connectivity index (χ4v) is 2.76. The van der Waals surface area contributed by atoms with E-state index in [9.17, 15) is 9.59 Å². The van der Waals surface area contributed by atoms with Crippen LogP contribution in [0.25, 0.3) is 6.08 Å². The Labute approximate surface area is 124 Å². The number of carboxylic acid groups (broad SMARTS) is 1. The largest absolute Gasteiger partial charge is 0.481 e. The van der Waals surface area contributed by atoms with Crippen LogP contribution in [0.15, 0.2) is 6.08 Å².